The van der Waals surface area contributed by atoms with Crippen LogP contribution in [0.25, 0.3) is 0 Å². The summed E-state index contributed by atoms with van der Waals surface area (Å²) >= 11 is 0. The molecule has 2 bridgehead atoms. The van der Waals surface area contributed by atoms with Crippen molar-refractivity contribution in [2.45, 2.75) is 39.5 Å². The number of amides is 2. The molecule has 1 saturated heterocycles. The molecule has 1 heterocycles. The monoisotopic (exact) mass is 424 g/mol. The van der Waals surface area contributed by atoms with E-state index in [1.54, 1.807) is 7.05 Å². The summed E-state index contributed by atoms with van der Waals surface area (Å²) in [5.74, 6) is 0.886. The third-order valence-electron chi connectivity index (χ3n) is 6.48. The number of guanidine groups is 1. The maximum Gasteiger partial charge on any atom is 0.233 e. The van der Waals surface area contributed by atoms with Crippen LogP contribution in [0.1, 0.15) is 31.4 Å². The van der Waals surface area contributed by atoms with Crippen molar-refractivity contribution >= 4 is 17.8 Å². The van der Waals surface area contributed by atoms with Crippen LogP contribution in [0.4, 0.5) is 0 Å². The molecule has 4 rings (SSSR count). The predicted molar refractivity (Wildman–Crippen MR) is 119 cm³/mol. The summed E-state index contributed by atoms with van der Waals surface area (Å²) in [6.45, 7) is 6.14. The highest BCUT2D eigenvalue weighted by Gasteiger charge is 2.58. The van der Waals surface area contributed by atoms with E-state index >= 15 is 0 Å². The summed E-state index contributed by atoms with van der Waals surface area (Å²) in [5.41, 5.74) is 2.28. The molecule has 166 valence electrons. The van der Waals surface area contributed by atoms with Gasteiger partial charge in [0.25, 0.3) is 0 Å². The molecule has 1 aliphatic heterocycles. The highest BCUT2D eigenvalue weighted by Crippen LogP contribution is 2.52. The number of benzene rings is 1. The minimum atomic E-state index is -0.131. The minimum Gasteiger partial charge on any atom is -0.374 e. The first kappa shape index (κ1) is 21.6. The van der Waals surface area contributed by atoms with Crippen LogP contribution in [0, 0.1) is 23.7 Å². The van der Waals surface area contributed by atoms with E-state index in [1.807, 2.05) is 13.8 Å². The number of carbonyl (C=O) groups excluding carboxylic acids is 2. The number of hydrogen-bond donors (Lipinski definition) is 2. The zero-order valence-corrected chi connectivity index (χ0v) is 18.5. The summed E-state index contributed by atoms with van der Waals surface area (Å²) in [6.07, 6.45) is 5.41. The number of hydrogen-bond acceptors (Lipinski definition) is 4. The highest BCUT2D eigenvalue weighted by molar-refractivity contribution is 6.06. The highest BCUT2D eigenvalue weighted by atomic mass is 16.5. The van der Waals surface area contributed by atoms with Crippen LogP contribution < -0.4 is 10.6 Å². The minimum absolute atomic E-state index is 0.00173. The van der Waals surface area contributed by atoms with E-state index in [4.69, 9.17) is 4.74 Å². The fraction of sp³-hybridized carbons (Fsp3) is 0.542. The number of ether oxygens (including phenoxy) is 1. The van der Waals surface area contributed by atoms with Gasteiger partial charge >= 0.3 is 0 Å². The van der Waals surface area contributed by atoms with Gasteiger partial charge in [0.2, 0.25) is 11.8 Å². The Kier molecular flexibility index (Phi) is 6.41. The number of nitrogens with one attached hydrogen (secondary N) is 2. The van der Waals surface area contributed by atoms with E-state index in [1.165, 1.54) is 4.90 Å². The molecule has 2 amide bonds. The van der Waals surface area contributed by atoms with Gasteiger partial charge in [0.15, 0.2) is 5.96 Å². The smallest absolute Gasteiger partial charge is 0.233 e. The van der Waals surface area contributed by atoms with Crippen LogP contribution in [0.2, 0.25) is 0 Å². The third kappa shape index (κ3) is 4.51. The Hall–Kier alpha value is -2.67. The standard InChI is InChI=1S/C24H32N4O3/c1-15(2)31-14-17-6-4-16(5-7-17)13-27-24(25-3)26-10-11-28-22(29)20-18-8-9-19(12-18)21(20)23(28)30/h4-9,15,18-21H,10-14H2,1-3H3,(H2,25,26,27). The lowest BCUT2D eigenvalue weighted by Crippen LogP contribution is -2.43. The molecule has 2 aliphatic carbocycles. The van der Waals surface area contributed by atoms with Crippen molar-refractivity contribution in [3.05, 3.63) is 47.5 Å². The zero-order valence-electron chi connectivity index (χ0n) is 18.5. The number of allylic oxidation sites excluding steroid dienone is 2. The van der Waals surface area contributed by atoms with Gasteiger partial charge in [0, 0.05) is 26.7 Å². The molecule has 1 aromatic rings. The molecule has 7 nitrogen and oxygen atoms in total. The summed E-state index contributed by atoms with van der Waals surface area (Å²) in [5, 5.41) is 6.49. The quantitative estimate of drug-likeness (QED) is 0.289. The molecule has 4 atom stereocenters. The second-order valence-corrected chi connectivity index (χ2v) is 8.86. The van der Waals surface area contributed by atoms with E-state index in [0.29, 0.717) is 32.2 Å². The maximum atomic E-state index is 12.7. The Labute approximate surface area is 183 Å². The van der Waals surface area contributed by atoms with Crippen LogP contribution in [0.3, 0.4) is 0 Å². The van der Waals surface area contributed by atoms with Crippen molar-refractivity contribution in [1.29, 1.82) is 0 Å². The van der Waals surface area contributed by atoms with Crippen molar-refractivity contribution in [2.75, 3.05) is 20.1 Å². The van der Waals surface area contributed by atoms with Crippen LogP contribution in [-0.4, -0.2) is 48.9 Å². The molecule has 1 saturated carbocycles. The van der Waals surface area contributed by atoms with Gasteiger partial charge in [0.05, 0.1) is 24.5 Å². The molecular weight excluding hydrogens is 392 g/mol. The average molecular weight is 425 g/mol. The summed E-state index contributed by atoms with van der Waals surface area (Å²) in [7, 11) is 1.71. The fourth-order valence-corrected chi connectivity index (χ4v) is 4.89. The van der Waals surface area contributed by atoms with Gasteiger partial charge in [-0.25, -0.2) is 0 Å². The summed E-state index contributed by atoms with van der Waals surface area (Å²) in [4.78, 5) is 31.2. The number of fused-ring (bicyclic) bond motifs is 5. The van der Waals surface area contributed by atoms with Gasteiger partial charge < -0.3 is 15.4 Å². The second-order valence-electron chi connectivity index (χ2n) is 8.86. The maximum absolute atomic E-state index is 12.7. The molecule has 1 aromatic carbocycles. The van der Waals surface area contributed by atoms with E-state index in [9.17, 15) is 9.59 Å². The molecule has 0 aromatic heterocycles. The number of carbonyl (C=O) groups is 2. The molecule has 0 spiro atoms. The number of rotatable bonds is 8. The van der Waals surface area contributed by atoms with Gasteiger partial charge in [-0.3, -0.25) is 19.5 Å². The Morgan fingerprint density at radius 2 is 1.68 bits per heavy atom. The second kappa shape index (κ2) is 9.22. The lowest BCUT2D eigenvalue weighted by Gasteiger charge is -2.18. The van der Waals surface area contributed by atoms with Gasteiger partial charge in [0.1, 0.15) is 0 Å². The Balaban J connectivity index is 1.22. The summed E-state index contributed by atoms with van der Waals surface area (Å²) < 4.78 is 5.62. The molecule has 4 unspecified atom stereocenters. The first-order valence-electron chi connectivity index (χ1n) is 11.2. The SMILES string of the molecule is CN=C(NCCN1C(=O)C2C3C=CC(C3)C2C1=O)NCc1ccc(COC(C)C)cc1. The van der Waals surface area contributed by atoms with Crippen molar-refractivity contribution in [2.24, 2.45) is 28.7 Å². The van der Waals surface area contributed by atoms with Gasteiger partial charge in [-0.15, -0.1) is 0 Å². The molecular formula is C24H32N4O3. The predicted octanol–water partition coefficient (Wildman–Crippen LogP) is 2.08. The van der Waals surface area contributed by atoms with Crippen LogP contribution >= 0.6 is 0 Å². The number of nitrogens with zero attached hydrogens (tertiary/aromatic N) is 2. The Morgan fingerprint density at radius 1 is 1.06 bits per heavy atom. The van der Waals surface area contributed by atoms with E-state index in [0.717, 1.165) is 17.5 Å². The third-order valence-corrected chi connectivity index (χ3v) is 6.48. The van der Waals surface area contributed by atoms with Gasteiger partial charge in [-0.2, -0.15) is 0 Å². The van der Waals surface area contributed by atoms with Gasteiger partial charge in [-0.05, 0) is 43.2 Å². The van der Waals surface area contributed by atoms with Crippen molar-refractivity contribution < 1.29 is 14.3 Å². The lowest BCUT2D eigenvalue weighted by atomic mass is 9.85. The van der Waals surface area contributed by atoms with E-state index in [-0.39, 0.29) is 41.6 Å². The molecule has 7 heteroatoms. The van der Waals surface area contributed by atoms with Crippen LogP contribution in [0.5, 0.6) is 0 Å². The Morgan fingerprint density at radius 3 is 2.26 bits per heavy atom. The van der Waals surface area contributed by atoms with E-state index < -0.39 is 0 Å². The lowest BCUT2D eigenvalue weighted by molar-refractivity contribution is -0.140. The molecule has 2 N–H and O–H groups in total. The number of imide groups is 1. The number of aliphatic imine (C=N–C) groups is 1. The largest absolute Gasteiger partial charge is 0.374 e. The summed E-state index contributed by atoms with van der Waals surface area (Å²) in [6, 6.07) is 8.28. The average Bonchev–Trinajstić information content (AvgIpc) is 3.45. The molecule has 31 heavy (non-hydrogen) atoms. The van der Waals surface area contributed by atoms with E-state index in [2.05, 4.69) is 52.0 Å². The first-order valence-corrected chi connectivity index (χ1v) is 11.2. The Bertz CT molecular complexity index is 847. The molecule has 3 aliphatic rings. The van der Waals surface area contributed by atoms with Gasteiger partial charge in [-0.1, -0.05) is 36.4 Å². The normalized spacial score (nSPS) is 26.8. The zero-order chi connectivity index (χ0) is 22.0. The topological polar surface area (TPSA) is 83.0 Å². The van der Waals surface area contributed by atoms with Crippen molar-refractivity contribution in [3.63, 3.8) is 0 Å². The molecule has 2 fully saturated rings. The van der Waals surface area contributed by atoms with Crippen molar-refractivity contribution in [1.82, 2.24) is 15.5 Å². The number of likely N-dealkylation sites (tertiary alicyclic amines) is 1. The van der Waals surface area contributed by atoms with Crippen LogP contribution in [0.15, 0.2) is 41.4 Å². The van der Waals surface area contributed by atoms with Crippen molar-refractivity contribution in [3.8, 4) is 0 Å². The first-order chi connectivity index (χ1) is 15.0. The molecule has 0 radical (unpaired) electrons. The van der Waals surface area contributed by atoms with Crippen LogP contribution in [-0.2, 0) is 27.5 Å². The fourth-order valence-electron chi connectivity index (χ4n) is 4.89.